The quantitative estimate of drug-likeness (QED) is 0.345. The third-order valence-electron chi connectivity index (χ3n) is 5.93. The van der Waals surface area contributed by atoms with E-state index in [9.17, 15) is 27.6 Å². The highest BCUT2D eigenvalue weighted by atomic mass is 32.2. The van der Waals surface area contributed by atoms with Crippen LogP contribution in [0.4, 0.5) is 4.79 Å². The number of amides is 4. The van der Waals surface area contributed by atoms with Gasteiger partial charge >= 0.3 is 12.0 Å². The molecular formula is C21H28N4O8S. The first kappa shape index (κ1) is 25.4. The highest BCUT2D eigenvalue weighted by molar-refractivity contribution is 7.89. The van der Waals surface area contributed by atoms with E-state index in [-0.39, 0.29) is 4.90 Å². The van der Waals surface area contributed by atoms with Crippen LogP contribution in [0, 0.1) is 5.92 Å². The van der Waals surface area contributed by atoms with Gasteiger partial charge in [-0.15, -0.1) is 0 Å². The predicted octanol–water partition coefficient (Wildman–Crippen LogP) is 0.437. The molecule has 1 heterocycles. The first-order chi connectivity index (χ1) is 16.0. The Hall–Kier alpha value is -3.19. The monoisotopic (exact) mass is 496 g/mol. The molecule has 1 atom stereocenters. The first-order valence-electron chi connectivity index (χ1n) is 10.8. The van der Waals surface area contributed by atoms with E-state index in [0.29, 0.717) is 29.5 Å². The van der Waals surface area contributed by atoms with Gasteiger partial charge in [-0.3, -0.25) is 19.8 Å². The molecule has 1 saturated heterocycles. The zero-order chi connectivity index (χ0) is 25.1. The Morgan fingerprint density at radius 1 is 1.21 bits per heavy atom. The summed E-state index contributed by atoms with van der Waals surface area (Å²) in [5.74, 6) is -1.57. The van der Waals surface area contributed by atoms with Crippen LogP contribution in [0.25, 0.3) is 0 Å². The predicted molar refractivity (Wildman–Crippen MR) is 118 cm³/mol. The normalized spacial score (nSPS) is 23.4. The van der Waals surface area contributed by atoms with Gasteiger partial charge in [-0.05, 0) is 62.8 Å². The Labute approximate surface area is 197 Å². The number of benzene rings is 1. The number of imide groups is 1. The van der Waals surface area contributed by atoms with Crippen LogP contribution in [-0.2, 0) is 29.1 Å². The Balaban J connectivity index is 1.51. The van der Waals surface area contributed by atoms with E-state index in [1.54, 1.807) is 0 Å². The molecule has 1 unspecified atom stereocenters. The lowest BCUT2D eigenvalue weighted by atomic mass is 9.77. The average molecular weight is 497 g/mol. The van der Waals surface area contributed by atoms with Crippen LogP contribution < -0.4 is 20.2 Å². The van der Waals surface area contributed by atoms with Gasteiger partial charge in [0.15, 0.2) is 6.61 Å². The molecule has 34 heavy (non-hydrogen) atoms. The van der Waals surface area contributed by atoms with Crippen molar-refractivity contribution in [1.29, 1.82) is 0 Å². The van der Waals surface area contributed by atoms with E-state index in [0.717, 1.165) is 12.8 Å². The second-order valence-electron chi connectivity index (χ2n) is 8.50. The molecule has 0 bridgehead atoms. The molecule has 186 valence electrons. The van der Waals surface area contributed by atoms with Gasteiger partial charge in [0.1, 0.15) is 17.3 Å². The van der Waals surface area contributed by atoms with E-state index in [2.05, 4.69) is 22.4 Å². The summed E-state index contributed by atoms with van der Waals surface area (Å²) in [6.45, 7) is 2.52. The molecular weight excluding hydrogens is 468 g/mol. The van der Waals surface area contributed by atoms with E-state index in [4.69, 9.17) is 9.47 Å². The summed E-state index contributed by atoms with van der Waals surface area (Å²) >= 11 is 0. The zero-order valence-electron chi connectivity index (χ0n) is 19.1. The van der Waals surface area contributed by atoms with Gasteiger partial charge in [-0.2, -0.15) is 9.73 Å². The van der Waals surface area contributed by atoms with E-state index >= 15 is 0 Å². The van der Waals surface area contributed by atoms with Gasteiger partial charge in [-0.25, -0.2) is 13.2 Å². The third kappa shape index (κ3) is 5.47. The van der Waals surface area contributed by atoms with E-state index in [1.165, 1.54) is 38.3 Å². The fraction of sp³-hybridized carbons (Fsp3) is 0.524. The maximum absolute atomic E-state index is 12.7. The highest BCUT2D eigenvalue weighted by Crippen LogP contribution is 2.35. The van der Waals surface area contributed by atoms with Gasteiger partial charge in [-0.1, -0.05) is 6.92 Å². The number of methoxy groups -OCH3 is 1. The number of nitrogens with zero attached hydrogens (tertiary/aromatic N) is 1. The van der Waals surface area contributed by atoms with Crippen molar-refractivity contribution in [2.75, 3.05) is 13.7 Å². The van der Waals surface area contributed by atoms with Gasteiger partial charge < -0.3 is 14.8 Å². The fourth-order valence-corrected chi connectivity index (χ4v) is 5.03. The molecule has 3 N–H and O–H groups in total. The number of carbonyl (C=O) groups is 4. The lowest BCUT2D eigenvalue weighted by molar-refractivity contribution is -0.151. The van der Waals surface area contributed by atoms with Crippen LogP contribution in [0.15, 0.2) is 29.2 Å². The van der Waals surface area contributed by atoms with Crippen molar-refractivity contribution >= 4 is 33.8 Å². The second-order valence-corrected chi connectivity index (χ2v) is 10.2. The van der Waals surface area contributed by atoms with Crippen molar-refractivity contribution in [3.63, 3.8) is 0 Å². The van der Waals surface area contributed by atoms with E-state index < -0.39 is 52.0 Å². The van der Waals surface area contributed by atoms with Crippen molar-refractivity contribution < 1.29 is 37.1 Å². The number of ether oxygens (including phenoxy) is 2. The molecule has 12 nitrogen and oxygen atoms in total. The number of rotatable bonds is 8. The SMILES string of the molecule is COc1ccc(S(=O)(=O)NC(C)C(=O)OCC(=O)NN2C(=O)NC3(CCC(C)CC3)C2=O)cc1. The molecule has 2 fully saturated rings. The first-order valence-corrected chi connectivity index (χ1v) is 12.2. The molecule has 1 saturated carbocycles. The van der Waals surface area contributed by atoms with Crippen molar-refractivity contribution in [2.45, 2.75) is 56.0 Å². The van der Waals surface area contributed by atoms with Crippen LogP contribution in [0.5, 0.6) is 5.75 Å². The number of carbonyl (C=O) groups excluding carboxylic acids is 4. The minimum absolute atomic E-state index is 0.0877. The van der Waals surface area contributed by atoms with Crippen molar-refractivity contribution in [3.05, 3.63) is 24.3 Å². The summed E-state index contributed by atoms with van der Waals surface area (Å²) in [5.41, 5.74) is 1.12. The summed E-state index contributed by atoms with van der Waals surface area (Å²) in [6, 6.07) is 3.48. The highest BCUT2D eigenvalue weighted by Gasteiger charge is 2.52. The standard InChI is InChI=1S/C21H28N4O8S/c1-13-8-10-21(11-9-13)19(28)25(20(29)22-21)23-17(26)12-33-18(27)14(2)24-34(30,31)16-6-4-15(32-3)5-7-16/h4-7,13-14,24H,8-12H2,1-3H3,(H,22,29)(H,23,26). The number of urea groups is 1. The number of esters is 1. The molecule has 13 heteroatoms. The van der Waals surface area contributed by atoms with Gasteiger partial charge in [0.2, 0.25) is 10.0 Å². The van der Waals surface area contributed by atoms with Crippen LogP contribution in [0.3, 0.4) is 0 Å². The average Bonchev–Trinajstić information content (AvgIpc) is 3.03. The molecule has 2 aliphatic rings. The topological polar surface area (TPSA) is 160 Å². The number of sulfonamides is 1. The van der Waals surface area contributed by atoms with Crippen molar-refractivity contribution in [3.8, 4) is 5.75 Å². The zero-order valence-corrected chi connectivity index (χ0v) is 19.9. The Morgan fingerprint density at radius 2 is 1.82 bits per heavy atom. The largest absolute Gasteiger partial charge is 0.497 e. The molecule has 3 rings (SSSR count). The van der Waals surface area contributed by atoms with E-state index in [1.807, 2.05) is 0 Å². The maximum atomic E-state index is 12.7. The number of hydrogen-bond donors (Lipinski definition) is 3. The Morgan fingerprint density at radius 3 is 2.41 bits per heavy atom. The molecule has 4 amide bonds. The fourth-order valence-electron chi connectivity index (χ4n) is 3.84. The van der Waals surface area contributed by atoms with Crippen LogP contribution in [-0.4, -0.2) is 62.5 Å². The van der Waals surface area contributed by atoms with Gasteiger partial charge in [0.25, 0.3) is 11.8 Å². The van der Waals surface area contributed by atoms with Crippen LogP contribution in [0.2, 0.25) is 0 Å². The Bertz CT molecular complexity index is 1060. The summed E-state index contributed by atoms with van der Waals surface area (Å²) in [4.78, 5) is 49.3. The molecule has 1 aromatic carbocycles. The lowest BCUT2D eigenvalue weighted by Gasteiger charge is -2.33. The summed E-state index contributed by atoms with van der Waals surface area (Å²) in [6.07, 6.45) is 2.50. The lowest BCUT2D eigenvalue weighted by Crippen LogP contribution is -2.52. The molecule has 1 spiro atoms. The summed E-state index contributed by atoms with van der Waals surface area (Å²) < 4.78 is 36.8. The number of nitrogens with one attached hydrogen (secondary N) is 3. The molecule has 1 aromatic rings. The molecule has 0 radical (unpaired) electrons. The number of hydrogen-bond acceptors (Lipinski definition) is 8. The number of hydrazine groups is 1. The second kappa shape index (κ2) is 9.97. The molecule has 1 aliphatic carbocycles. The summed E-state index contributed by atoms with van der Waals surface area (Å²) in [7, 11) is -2.59. The minimum atomic E-state index is -4.03. The maximum Gasteiger partial charge on any atom is 0.344 e. The smallest absolute Gasteiger partial charge is 0.344 e. The van der Waals surface area contributed by atoms with Crippen LogP contribution in [0.1, 0.15) is 39.5 Å². The Kier molecular flexibility index (Phi) is 7.46. The third-order valence-corrected chi connectivity index (χ3v) is 7.48. The van der Waals surface area contributed by atoms with Crippen LogP contribution >= 0.6 is 0 Å². The van der Waals surface area contributed by atoms with Gasteiger partial charge in [0.05, 0.1) is 12.0 Å². The van der Waals surface area contributed by atoms with Gasteiger partial charge in [0, 0.05) is 0 Å². The molecule has 0 aromatic heterocycles. The molecule has 1 aliphatic heterocycles. The van der Waals surface area contributed by atoms with Crippen molar-refractivity contribution in [1.82, 2.24) is 20.5 Å². The van der Waals surface area contributed by atoms with Crippen molar-refractivity contribution in [2.24, 2.45) is 5.92 Å². The summed E-state index contributed by atoms with van der Waals surface area (Å²) in [5, 5.41) is 3.26. The minimum Gasteiger partial charge on any atom is -0.497 e.